The van der Waals surface area contributed by atoms with Gasteiger partial charge >= 0.3 is 0 Å². The van der Waals surface area contributed by atoms with Crippen molar-refractivity contribution in [2.75, 3.05) is 13.4 Å². The first-order chi connectivity index (χ1) is 12.8. The normalized spacial score (nSPS) is 11.8. The molecule has 0 spiro atoms. The molecule has 0 atom stereocenters. The average molecular weight is 394 g/mol. The lowest BCUT2D eigenvalue weighted by Gasteiger charge is -2.25. The van der Waals surface area contributed by atoms with E-state index >= 15 is 0 Å². The van der Waals surface area contributed by atoms with Gasteiger partial charge < -0.3 is 14.8 Å². The Bertz CT molecular complexity index is 612. The van der Waals surface area contributed by atoms with E-state index in [2.05, 4.69) is 31.3 Å². The van der Waals surface area contributed by atoms with Crippen LogP contribution in [-0.2, 0) is 11.3 Å². The molecule has 0 aliphatic rings. The van der Waals surface area contributed by atoms with Crippen LogP contribution in [-0.4, -0.2) is 24.2 Å². The highest BCUT2D eigenvalue weighted by Gasteiger charge is 2.20. The molecule has 1 N–H and O–H groups in total. The molecule has 152 valence electrons. The zero-order valence-corrected chi connectivity index (χ0v) is 18.4. The van der Waals surface area contributed by atoms with Crippen LogP contribution in [0.15, 0.2) is 30.4 Å². The maximum absolute atomic E-state index is 12.0. The van der Waals surface area contributed by atoms with Gasteiger partial charge in [0.1, 0.15) is 4.93 Å². The molecule has 5 heteroatoms. The maximum Gasteiger partial charge on any atom is 0.220 e. The van der Waals surface area contributed by atoms with Crippen molar-refractivity contribution in [1.82, 2.24) is 5.32 Å². The number of rotatable bonds is 12. The molecule has 4 nitrogen and oxygen atoms in total. The molecule has 0 saturated carbocycles. The number of unbranched alkanes of at least 4 members (excludes halogenated alkanes) is 2. The van der Waals surface area contributed by atoms with Gasteiger partial charge in [-0.05, 0) is 63.0 Å². The number of nitrogens with one attached hydrogen (secondary N) is 1. The minimum atomic E-state index is -0.326. The fourth-order valence-corrected chi connectivity index (χ4v) is 2.59. The molecule has 0 unspecified atom stereocenters. The number of carbonyl (C=O) groups excluding carboxylic acids is 1. The smallest absolute Gasteiger partial charge is 0.220 e. The Kier molecular flexibility index (Phi) is 10.4. The molecule has 0 bridgehead atoms. The van der Waals surface area contributed by atoms with Crippen molar-refractivity contribution >= 4 is 17.7 Å². The molecule has 27 heavy (non-hydrogen) atoms. The molecule has 0 aliphatic carbocycles. The van der Waals surface area contributed by atoms with Crippen molar-refractivity contribution in [3.05, 3.63) is 35.9 Å². The maximum atomic E-state index is 12.0. The fraction of sp³-hybridized carbons (Fsp3) is 0.591. The van der Waals surface area contributed by atoms with Crippen LogP contribution in [0.1, 0.15) is 58.9 Å². The Morgan fingerprint density at radius 2 is 2.00 bits per heavy atom. The molecule has 0 fully saturated rings. The fourth-order valence-electron chi connectivity index (χ4n) is 2.42. The number of methoxy groups -OCH3 is 1. The van der Waals surface area contributed by atoms with Gasteiger partial charge in [-0.1, -0.05) is 32.1 Å². The molecule has 0 aromatic heterocycles. The monoisotopic (exact) mass is 393 g/mol. The highest BCUT2D eigenvalue weighted by atomic mass is 32.2. The molecular formula is C22H35NO3S. The van der Waals surface area contributed by atoms with Gasteiger partial charge in [0.15, 0.2) is 11.5 Å². The Labute approximate surface area is 169 Å². The second kappa shape index (κ2) is 12.0. The van der Waals surface area contributed by atoms with E-state index < -0.39 is 0 Å². The van der Waals surface area contributed by atoms with Crippen LogP contribution in [0.5, 0.6) is 11.5 Å². The van der Waals surface area contributed by atoms with E-state index in [0.717, 1.165) is 24.8 Å². The largest absolute Gasteiger partial charge is 0.493 e. The summed E-state index contributed by atoms with van der Waals surface area (Å²) in [5.41, 5.74) is 0.995. The molecule has 1 amide bonds. The summed E-state index contributed by atoms with van der Waals surface area (Å²) in [4.78, 5) is 11.7. The summed E-state index contributed by atoms with van der Waals surface area (Å²) in [5.74, 6) is 2.07. The minimum Gasteiger partial charge on any atom is -0.493 e. The summed E-state index contributed by atoms with van der Waals surface area (Å²) in [5, 5.41) is 2.98. The van der Waals surface area contributed by atoms with Crippen molar-refractivity contribution in [2.24, 2.45) is 5.92 Å². The first kappa shape index (κ1) is 23.4. The van der Waals surface area contributed by atoms with Crippen molar-refractivity contribution in [1.29, 1.82) is 0 Å². The number of allylic oxidation sites excluding steroid dienone is 2. The Morgan fingerprint density at radius 1 is 1.26 bits per heavy atom. The molecule has 0 saturated heterocycles. The summed E-state index contributed by atoms with van der Waals surface area (Å²) in [6.07, 6.45) is 9.98. The van der Waals surface area contributed by atoms with Crippen molar-refractivity contribution in [3.63, 3.8) is 0 Å². The SMILES string of the molecule is COc1cc(CNC(=O)CCCC/C=C\C(C)C)ccc1OC(C)(C)SC. The number of amides is 1. The lowest BCUT2D eigenvalue weighted by Crippen LogP contribution is -2.24. The third-order valence-corrected chi connectivity index (χ3v) is 5.18. The topological polar surface area (TPSA) is 47.6 Å². The van der Waals surface area contributed by atoms with Crippen LogP contribution in [0.4, 0.5) is 0 Å². The first-order valence-corrected chi connectivity index (χ1v) is 10.8. The minimum absolute atomic E-state index is 0.0886. The number of thioether (sulfide) groups is 1. The van der Waals surface area contributed by atoms with Crippen molar-refractivity contribution in [3.8, 4) is 11.5 Å². The summed E-state index contributed by atoms with van der Waals surface area (Å²) in [6, 6.07) is 5.79. The molecular weight excluding hydrogens is 358 g/mol. The molecule has 0 heterocycles. The molecule has 0 radical (unpaired) electrons. The van der Waals surface area contributed by atoms with Crippen LogP contribution in [0, 0.1) is 5.92 Å². The third-order valence-electron chi connectivity index (χ3n) is 4.11. The summed E-state index contributed by atoms with van der Waals surface area (Å²) < 4.78 is 11.4. The molecule has 0 aliphatic heterocycles. The predicted molar refractivity (Wildman–Crippen MR) is 116 cm³/mol. The van der Waals surface area contributed by atoms with Gasteiger partial charge in [-0.3, -0.25) is 4.79 Å². The molecule has 1 rings (SSSR count). The second-order valence-corrected chi connectivity index (χ2v) is 8.78. The zero-order chi connectivity index (χ0) is 20.3. The predicted octanol–water partition coefficient (Wildman–Crippen LogP) is 5.56. The van der Waals surface area contributed by atoms with Crippen molar-refractivity contribution < 1.29 is 14.3 Å². The van der Waals surface area contributed by atoms with E-state index in [0.29, 0.717) is 30.4 Å². The first-order valence-electron chi connectivity index (χ1n) is 9.62. The van der Waals surface area contributed by atoms with Gasteiger partial charge in [0, 0.05) is 13.0 Å². The van der Waals surface area contributed by atoms with E-state index in [1.807, 2.05) is 38.3 Å². The number of ether oxygens (including phenoxy) is 2. The van der Waals surface area contributed by atoms with Gasteiger partial charge in [-0.2, -0.15) is 0 Å². The standard InChI is InChI=1S/C22H35NO3S/c1-17(2)11-9-7-8-10-12-21(24)23-16-18-13-14-19(20(15-18)25-5)26-22(3,4)27-6/h9,11,13-15,17H,7-8,10,12,16H2,1-6H3,(H,23,24)/b11-9-. The highest BCUT2D eigenvalue weighted by molar-refractivity contribution is 7.99. The van der Waals surface area contributed by atoms with Gasteiger partial charge in [0.2, 0.25) is 5.91 Å². The van der Waals surface area contributed by atoms with E-state index in [9.17, 15) is 4.79 Å². The number of benzene rings is 1. The summed E-state index contributed by atoms with van der Waals surface area (Å²) in [6.45, 7) is 8.87. The van der Waals surface area contributed by atoms with E-state index in [4.69, 9.17) is 9.47 Å². The van der Waals surface area contributed by atoms with Crippen LogP contribution in [0.3, 0.4) is 0 Å². The van der Waals surface area contributed by atoms with Crippen LogP contribution < -0.4 is 14.8 Å². The van der Waals surface area contributed by atoms with Gasteiger partial charge in [-0.15, -0.1) is 11.8 Å². The van der Waals surface area contributed by atoms with E-state index in [1.54, 1.807) is 18.9 Å². The number of hydrogen-bond acceptors (Lipinski definition) is 4. The van der Waals surface area contributed by atoms with Crippen molar-refractivity contribution in [2.45, 2.75) is 64.9 Å². The Morgan fingerprint density at radius 3 is 2.63 bits per heavy atom. The summed E-state index contributed by atoms with van der Waals surface area (Å²) in [7, 11) is 1.63. The van der Waals surface area contributed by atoms with E-state index in [1.165, 1.54) is 0 Å². The molecule has 1 aromatic carbocycles. The third kappa shape index (κ3) is 9.76. The highest BCUT2D eigenvalue weighted by Crippen LogP contribution is 2.34. The van der Waals surface area contributed by atoms with Crippen LogP contribution in [0.2, 0.25) is 0 Å². The Hall–Kier alpha value is -1.62. The quantitative estimate of drug-likeness (QED) is 0.287. The summed E-state index contributed by atoms with van der Waals surface area (Å²) >= 11 is 1.63. The second-order valence-electron chi connectivity index (χ2n) is 7.39. The van der Waals surface area contributed by atoms with Crippen LogP contribution >= 0.6 is 11.8 Å². The zero-order valence-electron chi connectivity index (χ0n) is 17.6. The van der Waals surface area contributed by atoms with Gasteiger partial charge in [0.25, 0.3) is 0 Å². The lowest BCUT2D eigenvalue weighted by molar-refractivity contribution is -0.121. The van der Waals surface area contributed by atoms with Crippen LogP contribution in [0.25, 0.3) is 0 Å². The van der Waals surface area contributed by atoms with Gasteiger partial charge in [-0.25, -0.2) is 0 Å². The lowest BCUT2D eigenvalue weighted by atomic mass is 10.1. The Balaban J connectivity index is 2.44. The van der Waals surface area contributed by atoms with E-state index in [-0.39, 0.29) is 10.8 Å². The number of carbonyl (C=O) groups is 1. The average Bonchev–Trinajstić information content (AvgIpc) is 2.63. The molecule has 1 aromatic rings. The van der Waals surface area contributed by atoms with Gasteiger partial charge in [0.05, 0.1) is 7.11 Å². The number of hydrogen-bond donors (Lipinski definition) is 1.